The van der Waals surface area contributed by atoms with Crippen molar-refractivity contribution in [3.63, 3.8) is 0 Å². The lowest BCUT2D eigenvalue weighted by Gasteiger charge is -2.47. The second kappa shape index (κ2) is 8.39. The normalized spacial score (nSPS) is 31.1. The van der Waals surface area contributed by atoms with Gasteiger partial charge in [0.25, 0.3) is 0 Å². The molecule has 0 radical (unpaired) electrons. The molecule has 0 bridgehead atoms. The summed E-state index contributed by atoms with van der Waals surface area (Å²) in [6, 6.07) is 10.5. The molecule has 2 aliphatic rings. The molecule has 1 aliphatic heterocycles. The zero-order valence-electron chi connectivity index (χ0n) is 16.8. The topological polar surface area (TPSA) is 12.5 Å². The Balaban J connectivity index is 1.55. The van der Waals surface area contributed by atoms with E-state index >= 15 is 0 Å². The average molecular weight is 362 g/mol. The first kappa shape index (κ1) is 19.8. The van der Waals surface area contributed by atoms with Gasteiger partial charge >= 0.3 is 0 Å². The van der Waals surface area contributed by atoms with Gasteiger partial charge in [-0.15, -0.1) is 0 Å². The largest absolute Gasteiger partial charge is 0.356 e. The molecule has 1 saturated heterocycles. The Morgan fingerprint density at radius 2 is 1.81 bits per heavy atom. The molecule has 0 N–H and O–H groups in total. The molecule has 1 atom stereocenters. The van der Waals surface area contributed by atoms with Gasteiger partial charge in [-0.25, -0.2) is 4.39 Å². The van der Waals surface area contributed by atoms with Crippen molar-refractivity contribution >= 4 is 0 Å². The lowest BCUT2D eigenvalue weighted by Crippen LogP contribution is -2.53. The van der Waals surface area contributed by atoms with Gasteiger partial charge in [-0.3, -0.25) is 4.90 Å². The standard InChI is InChI=1S/C23H36FNO/c1-22(2,24)21-13-11-19(12-14-21)17-25-16-8-7-15-23(25,3)26-18-20-9-5-4-6-10-20/h4-6,9-10,19,21H,7-8,11-18H2,1-3H3. The van der Waals surface area contributed by atoms with Crippen LogP contribution in [-0.4, -0.2) is 29.4 Å². The van der Waals surface area contributed by atoms with Crippen LogP contribution in [0.5, 0.6) is 0 Å². The van der Waals surface area contributed by atoms with Crippen LogP contribution < -0.4 is 0 Å². The Morgan fingerprint density at radius 3 is 2.46 bits per heavy atom. The van der Waals surface area contributed by atoms with E-state index < -0.39 is 5.67 Å². The summed E-state index contributed by atoms with van der Waals surface area (Å²) in [5.41, 5.74) is 0.0539. The molecule has 2 nitrogen and oxygen atoms in total. The third kappa shape index (κ3) is 5.07. The highest BCUT2D eigenvalue weighted by molar-refractivity contribution is 5.13. The minimum atomic E-state index is -1.02. The first-order chi connectivity index (χ1) is 12.4. The van der Waals surface area contributed by atoms with Crippen LogP contribution in [0.2, 0.25) is 0 Å². The maximum absolute atomic E-state index is 14.2. The zero-order valence-corrected chi connectivity index (χ0v) is 16.8. The molecule has 1 aromatic rings. The molecular weight excluding hydrogens is 325 g/mol. The molecule has 1 unspecified atom stereocenters. The Kier molecular flexibility index (Phi) is 6.40. The Morgan fingerprint density at radius 1 is 1.12 bits per heavy atom. The molecular formula is C23H36FNO. The predicted molar refractivity (Wildman–Crippen MR) is 106 cm³/mol. The summed E-state index contributed by atoms with van der Waals surface area (Å²) in [6.07, 6.45) is 7.98. The van der Waals surface area contributed by atoms with Crippen molar-refractivity contribution in [2.24, 2.45) is 11.8 Å². The summed E-state index contributed by atoms with van der Waals surface area (Å²) in [4.78, 5) is 2.57. The van der Waals surface area contributed by atoms with Gasteiger partial charge in [-0.2, -0.15) is 0 Å². The summed E-state index contributed by atoms with van der Waals surface area (Å²) in [5.74, 6) is 0.923. The van der Waals surface area contributed by atoms with Crippen molar-refractivity contribution in [1.82, 2.24) is 4.90 Å². The highest BCUT2D eigenvalue weighted by Crippen LogP contribution is 2.39. The van der Waals surface area contributed by atoms with Crippen LogP contribution in [0, 0.1) is 11.8 Å². The van der Waals surface area contributed by atoms with Crippen LogP contribution in [0.15, 0.2) is 30.3 Å². The van der Waals surface area contributed by atoms with E-state index in [1.54, 1.807) is 13.8 Å². The number of alkyl halides is 1. The number of halogens is 1. The maximum atomic E-state index is 14.2. The fourth-order valence-corrected chi connectivity index (χ4v) is 4.75. The van der Waals surface area contributed by atoms with Gasteiger partial charge in [-0.05, 0) is 83.1 Å². The quantitative estimate of drug-likeness (QED) is 0.620. The zero-order chi connectivity index (χ0) is 18.6. The lowest BCUT2D eigenvalue weighted by atomic mass is 9.75. The Labute approximate surface area is 159 Å². The number of benzene rings is 1. The molecule has 3 rings (SSSR count). The molecule has 3 heteroatoms. The predicted octanol–water partition coefficient (Wildman–Crippen LogP) is 5.96. The third-order valence-corrected chi connectivity index (χ3v) is 6.68. The fraction of sp³-hybridized carbons (Fsp3) is 0.739. The van der Waals surface area contributed by atoms with Crippen molar-refractivity contribution in [3.8, 4) is 0 Å². The van der Waals surface area contributed by atoms with E-state index in [1.165, 1.54) is 18.4 Å². The van der Waals surface area contributed by atoms with E-state index in [-0.39, 0.29) is 11.6 Å². The minimum Gasteiger partial charge on any atom is -0.356 e. The fourth-order valence-electron chi connectivity index (χ4n) is 4.75. The van der Waals surface area contributed by atoms with Gasteiger partial charge in [0.15, 0.2) is 0 Å². The molecule has 26 heavy (non-hydrogen) atoms. The van der Waals surface area contributed by atoms with Gasteiger partial charge in [0.2, 0.25) is 0 Å². The monoisotopic (exact) mass is 361 g/mol. The molecule has 0 spiro atoms. The van der Waals surface area contributed by atoms with Crippen LogP contribution >= 0.6 is 0 Å². The van der Waals surface area contributed by atoms with Crippen molar-refractivity contribution in [3.05, 3.63) is 35.9 Å². The molecule has 1 heterocycles. The Hall–Kier alpha value is -0.930. The summed E-state index contributed by atoms with van der Waals surface area (Å²) < 4.78 is 20.7. The van der Waals surface area contributed by atoms with Gasteiger partial charge in [0.05, 0.1) is 6.61 Å². The SMILES string of the molecule is CC(C)(F)C1CCC(CN2CCCCC2(C)OCc2ccccc2)CC1. The first-order valence-corrected chi connectivity index (χ1v) is 10.5. The highest BCUT2D eigenvalue weighted by atomic mass is 19.1. The number of likely N-dealkylation sites (tertiary alicyclic amines) is 1. The third-order valence-electron chi connectivity index (χ3n) is 6.68. The maximum Gasteiger partial charge on any atom is 0.119 e. The van der Waals surface area contributed by atoms with Crippen LogP contribution in [0.3, 0.4) is 0 Å². The van der Waals surface area contributed by atoms with Gasteiger partial charge in [0, 0.05) is 13.1 Å². The van der Waals surface area contributed by atoms with Crippen molar-refractivity contribution in [1.29, 1.82) is 0 Å². The summed E-state index contributed by atoms with van der Waals surface area (Å²) in [7, 11) is 0. The first-order valence-electron chi connectivity index (χ1n) is 10.5. The van der Waals surface area contributed by atoms with E-state index in [2.05, 4.69) is 36.1 Å². The lowest BCUT2D eigenvalue weighted by molar-refractivity contribution is -0.176. The van der Waals surface area contributed by atoms with E-state index in [0.717, 1.165) is 45.2 Å². The number of hydrogen-bond acceptors (Lipinski definition) is 2. The molecule has 0 amide bonds. The second-order valence-corrected chi connectivity index (χ2v) is 9.13. The average Bonchev–Trinajstić information content (AvgIpc) is 2.63. The minimum absolute atomic E-state index is 0.162. The Bertz CT molecular complexity index is 547. The van der Waals surface area contributed by atoms with Crippen LogP contribution in [0.4, 0.5) is 4.39 Å². The molecule has 0 aromatic heterocycles. The number of hydrogen-bond donors (Lipinski definition) is 0. The number of piperidine rings is 1. The molecule has 1 saturated carbocycles. The van der Waals surface area contributed by atoms with Crippen molar-refractivity contribution < 1.29 is 9.13 Å². The van der Waals surface area contributed by atoms with E-state index in [0.29, 0.717) is 12.5 Å². The van der Waals surface area contributed by atoms with Gasteiger partial charge < -0.3 is 4.74 Å². The number of nitrogens with zero attached hydrogens (tertiary/aromatic N) is 1. The molecule has 2 fully saturated rings. The smallest absolute Gasteiger partial charge is 0.119 e. The van der Waals surface area contributed by atoms with E-state index in [4.69, 9.17) is 4.74 Å². The summed E-state index contributed by atoms with van der Waals surface area (Å²) >= 11 is 0. The van der Waals surface area contributed by atoms with Crippen molar-refractivity contribution in [2.45, 2.75) is 83.7 Å². The van der Waals surface area contributed by atoms with Gasteiger partial charge in [-0.1, -0.05) is 30.3 Å². The summed E-state index contributed by atoms with van der Waals surface area (Å²) in [5, 5.41) is 0. The van der Waals surface area contributed by atoms with Crippen LogP contribution in [0.25, 0.3) is 0 Å². The van der Waals surface area contributed by atoms with Crippen molar-refractivity contribution in [2.75, 3.05) is 13.1 Å². The second-order valence-electron chi connectivity index (χ2n) is 9.13. The van der Waals surface area contributed by atoms with E-state index in [1.807, 2.05) is 6.07 Å². The van der Waals surface area contributed by atoms with Gasteiger partial charge in [0.1, 0.15) is 11.4 Å². The molecule has 1 aliphatic carbocycles. The van der Waals surface area contributed by atoms with Crippen LogP contribution in [0.1, 0.15) is 71.3 Å². The highest BCUT2D eigenvalue weighted by Gasteiger charge is 2.38. The molecule has 146 valence electrons. The number of rotatable bonds is 6. The van der Waals surface area contributed by atoms with E-state index in [9.17, 15) is 4.39 Å². The number of ether oxygens (including phenoxy) is 1. The summed E-state index contributed by atoms with van der Waals surface area (Å²) in [6.45, 7) is 8.67. The van der Waals surface area contributed by atoms with Crippen LogP contribution in [-0.2, 0) is 11.3 Å². The molecule has 1 aromatic carbocycles.